The van der Waals surface area contributed by atoms with Gasteiger partial charge >= 0.3 is 0 Å². The third-order valence-electron chi connectivity index (χ3n) is 2.60. The minimum Gasteiger partial charge on any atom is -0.306 e. The van der Waals surface area contributed by atoms with Crippen LogP contribution in [0.15, 0.2) is 18.2 Å². The van der Waals surface area contributed by atoms with Gasteiger partial charge in [-0.3, -0.25) is 0 Å². The lowest BCUT2D eigenvalue weighted by molar-refractivity contribution is 0.535. The maximum atomic E-state index is 5.96. The molecule has 0 saturated carbocycles. The number of rotatable bonds is 2. The fraction of sp³-hybridized carbons (Fsp3) is 0.455. The second-order valence-corrected chi connectivity index (χ2v) is 4.00. The molecule has 1 nitrogen and oxygen atoms in total. The van der Waals surface area contributed by atoms with Crippen LogP contribution in [0.25, 0.3) is 0 Å². The van der Waals surface area contributed by atoms with Crippen LogP contribution in [0.5, 0.6) is 0 Å². The molecule has 0 spiro atoms. The fourth-order valence-corrected chi connectivity index (χ4v) is 2.12. The molecule has 0 fully saturated rings. The van der Waals surface area contributed by atoms with E-state index < -0.39 is 0 Å². The molecule has 13 heavy (non-hydrogen) atoms. The predicted octanol–water partition coefficient (Wildman–Crippen LogP) is 3.28. The Morgan fingerprint density at radius 1 is 1.54 bits per heavy atom. The number of nitrogens with one attached hydrogen (secondary N) is 1. The van der Waals surface area contributed by atoms with Crippen molar-refractivity contribution in [3.8, 4) is 0 Å². The molecule has 1 N–H and O–H groups in total. The molecule has 1 aliphatic rings. The molecule has 0 radical (unpaired) electrons. The summed E-state index contributed by atoms with van der Waals surface area (Å²) >= 11 is 5.96. The van der Waals surface area contributed by atoms with Gasteiger partial charge in [-0.25, -0.2) is 0 Å². The van der Waals surface area contributed by atoms with Crippen molar-refractivity contribution in [2.45, 2.75) is 32.4 Å². The maximum absolute atomic E-state index is 5.96. The fourth-order valence-electron chi connectivity index (χ4n) is 1.94. The van der Waals surface area contributed by atoms with Crippen molar-refractivity contribution >= 4 is 11.6 Å². The second kappa shape index (κ2) is 3.69. The van der Waals surface area contributed by atoms with Crippen LogP contribution in [0, 0.1) is 0 Å². The molecule has 1 aliphatic heterocycles. The number of fused-ring (bicyclic) bond motifs is 1. The largest absolute Gasteiger partial charge is 0.306 e. The molecule has 0 aromatic heterocycles. The van der Waals surface area contributed by atoms with Gasteiger partial charge in [0.15, 0.2) is 0 Å². The number of hydrogen-bond donors (Lipinski definition) is 1. The van der Waals surface area contributed by atoms with Gasteiger partial charge in [-0.05, 0) is 29.7 Å². The van der Waals surface area contributed by atoms with Crippen LogP contribution < -0.4 is 5.32 Å². The van der Waals surface area contributed by atoms with Gasteiger partial charge in [0, 0.05) is 17.6 Å². The zero-order valence-corrected chi connectivity index (χ0v) is 8.56. The molecule has 2 heteroatoms. The van der Waals surface area contributed by atoms with Crippen molar-refractivity contribution in [3.63, 3.8) is 0 Å². The Morgan fingerprint density at radius 3 is 3.15 bits per heavy atom. The van der Waals surface area contributed by atoms with Crippen molar-refractivity contribution in [1.82, 2.24) is 5.32 Å². The highest BCUT2D eigenvalue weighted by molar-refractivity contribution is 6.30. The highest BCUT2D eigenvalue weighted by atomic mass is 35.5. The lowest BCUT2D eigenvalue weighted by Gasteiger charge is -2.10. The average molecular weight is 196 g/mol. The molecule has 0 amide bonds. The summed E-state index contributed by atoms with van der Waals surface area (Å²) in [5.74, 6) is 0. The first kappa shape index (κ1) is 9.04. The van der Waals surface area contributed by atoms with Crippen LogP contribution in [-0.4, -0.2) is 0 Å². The normalized spacial score (nSPS) is 20.3. The van der Waals surface area contributed by atoms with Crippen LogP contribution in [0.2, 0.25) is 5.02 Å². The van der Waals surface area contributed by atoms with Crippen LogP contribution >= 0.6 is 11.6 Å². The van der Waals surface area contributed by atoms with Gasteiger partial charge in [0.25, 0.3) is 0 Å². The van der Waals surface area contributed by atoms with Gasteiger partial charge in [0.2, 0.25) is 0 Å². The lowest BCUT2D eigenvalue weighted by Crippen LogP contribution is -2.11. The minimum absolute atomic E-state index is 0.527. The zero-order chi connectivity index (χ0) is 9.26. The van der Waals surface area contributed by atoms with Gasteiger partial charge in [-0.15, -0.1) is 0 Å². The first-order chi connectivity index (χ1) is 6.31. The average Bonchev–Trinajstić information content (AvgIpc) is 2.49. The molecule has 0 saturated heterocycles. The number of hydrogen-bond acceptors (Lipinski definition) is 1. The molecule has 70 valence electrons. The smallest absolute Gasteiger partial charge is 0.0409 e. The highest BCUT2D eigenvalue weighted by Gasteiger charge is 2.20. The van der Waals surface area contributed by atoms with Gasteiger partial charge in [-0.2, -0.15) is 0 Å². The van der Waals surface area contributed by atoms with Gasteiger partial charge in [-0.1, -0.05) is 31.0 Å². The first-order valence-corrected chi connectivity index (χ1v) is 5.20. The van der Waals surface area contributed by atoms with Crippen LogP contribution in [0.1, 0.15) is 36.9 Å². The second-order valence-electron chi connectivity index (χ2n) is 3.57. The maximum Gasteiger partial charge on any atom is 0.0409 e. The Labute approximate surface area is 84.1 Å². The summed E-state index contributed by atoms with van der Waals surface area (Å²) in [7, 11) is 0. The van der Waals surface area contributed by atoms with Crippen molar-refractivity contribution in [1.29, 1.82) is 0 Å². The Bertz CT molecular complexity index is 307. The quantitative estimate of drug-likeness (QED) is 0.764. The minimum atomic E-state index is 0.527. The summed E-state index contributed by atoms with van der Waals surface area (Å²) in [6, 6.07) is 6.72. The van der Waals surface area contributed by atoms with Gasteiger partial charge in [0.05, 0.1) is 0 Å². The third-order valence-corrected chi connectivity index (χ3v) is 2.83. The monoisotopic (exact) mass is 195 g/mol. The van der Waals surface area contributed by atoms with E-state index in [2.05, 4.69) is 24.4 Å². The SMILES string of the molecule is CCCC1NCc2ccc(Cl)cc21. The molecular weight excluding hydrogens is 182 g/mol. The zero-order valence-electron chi connectivity index (χ0n) is 7.81. The van der Waals surface area contributed by atoms with Gasteiger partial charge < -0.3 is 5.32 Å². The summed E-state index contributed by atoms with van der Waals surface area (Å²) in [5.41, 5.74) is 2.80. The van der Waals surface area contributed by atoms with E-state index in [1.807, 2.05) is 6.07 Å². The van der Waals surface area contributed by atoms with E-state index >= 15 is 0 Å². The Balaban J connectivity index is 2.29. The van der Waals surface area contributed by atoms with E-state index in [0.717, 1.165) is 11.6 Å². The van der Waals surface area contributed by atoms with E-state index in [0.29, 0.717) is 6.04 Å². The standard InChI is InChI=1S/C11H14ClN/c1-2-3-11-10-6-9(12)5-4-8(10)7-13-11/h4-6,11,13H,2-3,7H2,1H3. The summed E-state index contributed by atoms with van der Waals surface area (Å²) in [4.78, 5) is 0. The summed E-state index contributed by atoms with van der Waals surface area (Å²) in [6.07, 6.45) is 2.41. The molecule has 0 aliphatic carbocycles. The first-order valence-electron chi connectivity index (χ1n) is 4.83. The van der Waals surface area contributed by atoms with E-state index in [1.54, 1.807) is 0 Å². The lowest BCUT2D eigenvalue weighted by atomic mass is 10.0. The molecule has 1 unspecified atom stereocenters. The molecule has 1 aromatic carbocycles. The van der Waals surface area contributed by atoms with Crippen LogP contribution in [0.3, 0.4) is 0 Å². The third kappa shape index (κ3) is 1.72. The van der Waals surface area contributed by atoms with Crippen LogP contribution in [-0.2, 0) is 6.54 Å². The van der Waals surface area contributed by atoms with E-state index in [4.69, 9.17) is 11.6 Å². The Hall–Kier alpha value is -0.530. The number of halogens is 1. The van der Waals surface area contributed by atoms with E-state index in [-0.39, 0.29) is 0 Å². The Morgan fingerprint density at radius 2 is 2.38 bits per heavy atom. The molecule has 0 bridgehead atoms. The van der Waals surface area contributed by atoms with E-state index in [9.17, 15) is 0 Å². The van der Waals surface area contributed by atoms with Gasteiger partial charge in [0.1, 0.15) is 0 Å². The van der Waals surface area contributed by atoms with Crippen molar-refractivity contribution in [3.05, 3.63) is 34.3 Å². The number of benzene rings is 1. The molecule has 1 aromatic rings. The molecule has 1 heterocycles. The molecule has 1 atom stereocenters. The highest BCUT2D eigenvalue weighted by Crippen LogP contribution is 2.30. The summed E-state index contributed by atoms with van der Waals surface area (Å²) in [6.45, 7) is 3.21. The molecular formula is C11H14ClN. The van der Waals surface area contributed by atoms with Crippen molar-refractivity contribution < 1.29 is 0 Å². The van der Waals surface area contributed by atoms with E-state index in [1.165, 1.54) is 24.0 Å². The topological polar surface area (TPSA) is 12.0 Å². The predicted molar refractivity (Wildman–Crippen MR) is 55.9 cm³/mol. The Kier molecular flexibility index (Phi) is 2.56. The summed E-state index contributed by atoms with van der Waals surface area (Å²) < 4.78 is 0. The van der Waals surface area contributed by atoms with Crippen LogP contribution in [0.4, 0.5) is 0 Å². The van der Waals surface area contributed by atoms with Crippen molar-refractivity contribution in [2.75, 3.05) is 0 Å². The van der Waals surface area contributed by atoms with Crippen molar-refractivity contribution in [2.24, 2.45) is 0 Å². The molecule has 2 rings (SSSR count). The summed E-state index contributed by atoms with van der Waals surface area (Å²) in [5, 5.41) is 4.34.